The number of hydrogen-bond donors (Lipinski definition) is 1. The quantitative estimate of drug-likeness (QED) is 0.666. The number of aryl methyl sites for hydroxylation is 1. The summed E-state index contributed by atoms with van der Waals surface area (Å²) in [6, 6.07) is 1.76. The van der Waals surface area contributed by atoms with E-state index in [9.17, 15) is 4.79 Å². The summed E-state index contributed by atoms with van der Waals surface area (Å²) >= 11 is 0. The lowest BCUT2D eigenvalue weighted by Gasteiger charge is -2.32. The molecule has 9 heteroatoms. The van der Waals surface area contributed by atoms with Crippen LogP contribution < -0.4 is 5.32 Å². The Bertz CT molecular complexity index is 1000. The van der Waals surface area contributed by atoms with Crippen LogP contribution in [-0.2, 0) is 11.8 Å². The maximum absolute atomic E-state index is 12.7. The van der Waals surface area contributed by atoms with Crippen molar-refractivity contribution in [1.82, 2.24) is 34.6 Å². The molecule has 29 heavy (non-hydrogen) atoms. The van der Waals surface area contributed by atoms with Crippen molar-refractivity contribution in [2.75, 3.05) is 18.4 Å². The third-order valence-corrected chi connectivity index (χ3v) is 4.79. The predicted octanol–water partition coefficient (Wildman–Crippen LogP) is 2.16. The van der Waals surface area contributed by atoms with Crippen LogP contribution in [0.2, 0.25) is 0 Å². The van der Waals surface area contributed by atoms with Crippen molar-refractivity contribution < 1.29 is 4.79 Å². The Morgan fingerprint density at radius 1 is 1.17 bits per heavy atom. The Morgan fingerprint density at radius 3 is 2.79 bits per heavy atom. The van der Waals surface area contributed by atoms with Gasteiger partial charge in [0.25, 0.3) is 0 Å². The summed E-state index contributed by atoms with van der Waals surface area (Å²) in [7, 11) is 1.85. The summed E-state index contributed by atoms with van der Waals surface area (Å²) < 4.78 is 1.71. The molecule has 4 heterocycles. The number of aromatic nitrogens is 6. The predicted molar refractivity (Wildman–Crippen MR) is 108 cm³/mol. The molecule has 1 amide bonds. The number of nitrogens with zero attached hydrogens (tertiary/aromatic N) is 7. The molecule has 1 atom stereocenters. The van der Waals surface area contributed by atoms with Crippen LogP contribution in [-0.4, -0.2) is 53.6 Å². The molecular formula is C20H22N8O. The van der Waals surface area contributed by atoms with Crippen LogP contribution in [0.1, 0.15) is 30.0 Å². The molecule has 0 unspecified atom stereocenters. The lowest BCUT2D eigenvalue weighted by molar-refractivity contribution is -0.127. The fraction of sp³-hybridized carbons (Fsp3) is 0.300. The van der Waals surface area contributed by atoms with Crippen molar-refractivity contribution >= 4 is 23.7 Å². The van der Waals surface area contributed by atoms with E-state index in [2.05, 4.69) is 30.4 Å². The fourth-order valence-corrected chi connectivity index (χ4v) is 3.41. The average Bonchev–Trinajstić information content (AvgIpc) is 3.18. The van der Waals surface area contributed by atoms with Crippen LogP contribution in [0.3, 0.4) is 0 Å². The Morgan fingerprint density at radius 2 is 2.00 bits per heavy atom. The molecule has 0 aromatic carbocycles. The molecule has 3 aromatic heterocycles. The number of rotatable bonds is 5. The van der Waals surface area contributed by atoms with Gasteiger partial charge in [-0.15, -0.1) is 0 Å². The number of hydrogen-bond acceptors (Lipinski definition) is 7. The van der Waals surface area contributed by atoms with Gasteiger partial charge in [0.15, 0.2) is 5.82 Å². The topological polar surface area (TPSA) is 102 Å². The molecule has 4 rings (SSSR count). The smallest absolute Gasteiger partial charge is 0.246 e. The summed E-state index contributed by atoms with van der Waals surface area (Å²) in [5.41, 5.74) is 1.73. The van der Waals surface area contributed by atoms with Gasteiger partial charge in [-0.1, -0.05) is 0 Å². The number of anilines is 2. The first-order valence-electron chi connectivity index (χ1n) is 9.49. The summed E-state index contributed by atoms with van der Waals surface area (Å²) in [5.74, 6) is 1.18. The van der Waals surface area contributed by atoms with Crippen molar-refractivity contribution in [2.45, 2.75) is 18.8 Å². The second-order valence-corrected chi connectivity index (χ2v) is 6.89. The largest absolute Gasteiger partial charge is 0.338 e. The van der Waals surface area contributed by atoms with E-state index in [0.717, 1.165) is 30.6 Å². The Labute approximate surface area is 168 Å². The van der Waals surface area contributed by atoms with Crippen LogP contribution in [0.25, 0.3) is 6.08 Å². The first-order valence-corrected chi connectivity index (χ1v) is 9.49. The number of nitrogens with one attached hydrogen (secondary N) is 1. The fourth-order valence-electron chi connectivity index (χ4n) is 3.41. The monoisotopic (exact) mass is 390 g/mol. The van der Waals surface area contributed by atoms with Gasteiger partial charge < -0.3 is 10.2 Å². The first-order chi connectivity index (χ1) is 14.2. The lowest BCUT2D eigenvalue weighted by Crippen LogP contribution is -2.38. The normalized spacial score (nSPS) is 16.9. The van der Waals surface area contributed by atoms with Gasteiger partial charge in [-0.3, -0.25) is 14.5 Å². The van der Waals surface area contributed by atoms with Crippen LogP contribution in [0.15, 0.2) is 49.3 Å². The molecular weight excluding hydrogens is 368 g/mol. The number of amides is 1. The van der Waals surface area contributed by atoms with Crippen molar-refractivity contribution in [2.24, 2.45) is 7.05 Å². The third kappa shape index (κ3) is 4.63. The molecule has 0 saturated carbocycles. The van der Waals surface area contributed by atoms with E-state index in [1.165, 1.54) is 0 Å². The van der Waals surface area contributed by atoms with Crippen molar-refractivity contribution in [3.8, 4) is 0 Å². The maximum atomic E-state index is 12.7. The van der Waals surface area contributed by atoms with Crippen LogP contribution in [0.4, 0.5) is 11.8 Å². The van der Waals surface area contributed by atoms with Crippen LogP contribution in [0.5, 0.6) is 0 Å². The Kier molecular flexibility index (Phi) is 5.55. The highest BCUT2D eigenvalue weighted by Gasteiger charge is 2.27. The lowest BCUT2D eigenvalue weighted by atomic mass is 9.94. The highest BCUT2D eigenvalue weighted by molar-refractivity contribution is 5.91. The molecule has 0 radical (unpaired) electrons. The van der Waals surface area contributed by atoms with E-state index in [0.29, 0.717) is 18.3 Å². The van der Waals surface area contributed by atoms with Gasteiger partial charge in [0.2, 0.25) is 11.9 Å². The molecule has 0 bridgehead atoms. The molecule has 1 aliphatic rings. The minimum absolute atomic E-state index is 0.0108. The SMILES string of the molecule is Cn1cc(/C=C/C(=O)N2CCC[C@@H](c3nccnc3Nc3ncccn3)C2)cn1. The molecule has 148 valence electrons. The van der Waals surface area contributed by atoms with Gasteiger partial charge in [0.05, 0.1) is 11.9 Å². The van der Waals surface area contributed by atoms with Crippen LogP contribution in [0, 0.1) is 0 Å². The third-order valence-electron chi connectivity index (χ3n) is 4.79. The Hall–Kier alpha value is -3.62. The van der Waals surface area contributed by atoms with E-state index in [1.807, 2.05) is 18.1 Å². The van der Waals surface area contributed by atoms with Gasteiger partial charge >= 0.3 is 0 Å². The number of carbonyl (C=O) groups excluding carboxylic acids is 1. The molecule has 1 fully saturated rings. The molecule has 1 N–H and O–H groups in total. The van der Waals surface area contributed by atoms with E-state index >= 15 is 0 Å². The minimum atomic E-state index is -0.0108. The molecule has 1 saturated heterocycles. The average molecular weight is 390 g/mol. The van der Waals surface area contributed by atoms with Gasteiger partial charge in [-0.05, 0) is 25.0 Å². The first kappa shape index (κ1) is 18.7. The minimum Gasteiger partial charge on any atom is -0.338 e. The zero-order chi connectivity index (χ0) is 20.1. The van der Waals surface area contributed by atoms with Crippen molar-refractivity contribution in [3.05, 3.63) is 60.6 Å². The van der Waals surface area contributed by atoms with E-state index < -0.39 is 0 Å². The summed E-state index contributed by atoms with van der Waals surface area (Å²) in [6.45, 7) is 1.33. The van der Waals surface area contributed by atoms with Crippen molar-refractivity contribution in [1.29, 1.82) is 0 Å². The molecule has 9 nitrogen and oxygen atoms in total. The maximum Gasteiger partial charge on any atom is 0.246 e. The van der Waals surface area contributed by atoms with Gasteiger partial charge in [-0.2, -0.15) is 5.10 Å². The standard InChI is InChI=1S/C20H22N8O/c1-27-13-15(12-25-27)5-6-17(29)28-11-2-4-16(14-28)18-19(22-10-9-21-18)26-20-23-7-3-8-24-20/h3,5-10,12-13,16H,2,4,11,14H2,1H3,(H,22,23,24,26)/b6-5+/t16-/m1/s1. The van der Waals surface area contributed by atoms with Gasteiger partial charge in [0.1, 0.15) is 0 Å². The molecule has 1 aliphatic heterocycles. The van der Waals surface area contributed by atoms with Gasteiger partial charge in [-0.25, -0.2) is 15.0 Å². The van der Waals surface area contributed by atoms with E-state index in [4.69, 9.17) is 0 Å². The highest BCUT2D eigenvalue weighted by atomic mass is 16.2. The van der Waals surface area contributed by atoms with Crippen molar-refractivity contribution in [3.63, 3.8) is 0 Å². The number of piperidine rings is 1. The zero-order valence-electron chi connectivity index (χ0n) is 16.1. The second kappa shape index (κ2) is 8.59. The number of likely N-dealkylation sites (tertiary alicyclic amines) is 1. The van der Waals surface area contributed by atoms with E-state index in [1.54, 1.807) is 53.9 Å². The summed E-state index contributed by atoms with van der Waals surface area (Å²) in [4.78, 5) is 31.9. The summed E-state index contributed by atoms with van der Waals surface area (Å²) in [6.07, 6.45) is 15.5. The van der Waals surface area contributed by atoms with Crippen LogP contribution >= 0.6 is 0 Å². The number of carbonyl (C=O) groups is 1. The summed E-state index contributed by atoms with van der Waals surface area (Å²) in [5, 5.41) is 7.25. The molecule has 0 aliphatic carbocycles. The van der Waals surface area contributed by atoms with Gasteiger partial charge in [0, 0.05) is 68.7 Å². The second-order valence-electron chi connectivity index (χ2n) is 6.89. The molecule has 0 spiro atoms. The molecule has 3 aromatic rings. The Balaban J connectivity index is 1.47. The zero-order valence-corrected chi connectivity index (χ0v) is 16.1. The highest BCUT2D eigenvalue weighted by Crippen LogP contribution is 2.30. The van der Waals surface area contributed by atoms with E-state index in [-0.39, 0.29) is 11.8 Å².